The molecule has 2 unspecified atom stereocenters. The average Bonchev–Trinajstić information content (AvgIpc) is 3.48. The molecule has 0 heterocycles. The lowest BCUT2D eigenvalue weighted by Gasteiger charge is -2.13. The van der Waals surface area contributed by atoms with Crippen LogP contribution in [0.2, 0.25) is 0 Å². The molecule has 2 aliphatic rings. The zero-order chi connectivity index (χ0) is 17.5. The summed E-state index contributed by atoms with van der Waals surface area (Å²) in [5, 5.41) is 0. The Morgan fingerprint density at radius 3 is 2.30 bits per heavy atom. The Kier molecular flexibility index (Phi) is 4.92. The highest BCUT2D eigenvalue weighted by atomic mass is 127. The van der Waals surface area contributed by atoms with Gasteiger partial charge < -0.3 is 5.73 Å². The van der Waals surface area contributed by atoms with Crippen molar-refractivity contribution in [2.75, 3.05) is 5.73 Å². The third kappa shape index (κ3) is 3.59. The van der Waals surface area contributed by atoms with Gasteiger partial charge in [-0.1, -0.05) is 72.8 Å². The first kappa shape index (κ1) is 18.1. The molecule has 0 aliphatic heterocycles. The average molecular weight is 463 g/mol. The zero-order valence-electron chi connectivity index (χ0n) is 15.0. The summed E-state index contributed by atoms with van der Waals surface area (Å²) in [5.74, 6) is 1.53. The monoisotopic (exact) mass is 463 g/mol. The fourth-order valence-corrected chi connectivity index (χ4v) is 3.84. The van der Waals surface area contributed by atoms with Crippen molar-refractivity contribution in [3.05, 3.63) is 96.6 Å². The maximum Gasteiger partial charge on any atom is 0.0394 e. The van der Waals surface area contributed by atoms with E-state index in [-0.39, 0.29) is 24.0 Å². The van der Waals surface area contributed by atoms with E-state index in [1.165, 1.54) is 28.7 Å². The molecule has 0 aromatic heterocycles. The second kappa shape index (κ2) is 7.35. The molecule has 1 fully saturated rings. The fourth-order valence-electron chi connectivity index (χ4n) is 3.84. The van der Waals surface area contributed by atoms with Crippen LogP contribution in [-0.2, 0) is 0 Å². The minimum atomic E-state index is 0. The number of nitrogen functional groups attached to an aromatic ring is 1. The van der Waals surface area contributed by atoms with E-state index in [0.717, 1.165) is 28.7 Å². The Morgan fingerprint density at radius 2 is 1.48 bits per heavy atom. The molecule has 27 heavy (non-hydrogen) atoms. The van der Waals surface area contributed by atoms with Gasteiger partial charge >= 0.3 is 0 Å². The van der Waals surface area contributed by atoms with Gasteiger partial charge in [0.15, 0.2) is 0 Å². The first-order valence-electron chi connectivity index (χ1n) is 9.24. The summed E-state index contributed by atoms with van der Waals surface area (Å²) in [5.41, 5.74) is 14.4. The maximum atomic E-state index is 6.34. The second-order valence-electron chi connectivity index (χ2n) is 7.29. The van der Waals surface area contributed by atoms with E-state index >= 15 is 0 Å². The summed E-state index contributed by atoms with van der Waals surface area (Å²) in [6.45, 7) is 0. The van der Waals surface area contributed by atoms with Crippen molar-refractivity contribution in [2.24, 2.45) is 11.8 Å². The van der Waals surface area contributed by atoms with Gasteiger partial charge in [-0.25, -0.2) is 0 Å². The van der Waals surface area contributed by atoms with Crippen LogP contribution in [0.1, 0.15) is 12.0 Å². The molecule has 1 nitrogen and oxygen atoms in total. The number of rotatable bonds is 3. The van der Waals surface area contributed by atoms with Gasteiger partial charge in [-0.3, -0.25) is 0 Å². The van der Waals surface area contributed by atoms with Crippen molar-refractivity contribution in [3.63, 3.8) is 0 Å². The van der Waals surface area contributed by atoms with Crippen molar-refractivity contribution < 1.29 is 0 Å². The van der Waals surface area contributed by atoms with Crippen molar-refractivity contribution in [1.29, 1.82) is 0 Å². The van der Waals surface area contributed by atoms with Gasteiger partial charge in [0.1, 0.15) is 0 Å². The highest BCUT2D eigenvalue weighted by Crippen LogP contribution is 2.46. The summed E-state index contributed by atoms with van der Waals surface area (Å²) in [4.78, 5) is 0. The van der Waals surface area contributed by atoms with E-state index in [2.05, 4.69) is 78.9 Å². The quantitative estimate of drug-likeness (QED) is 0.335. The molecule has 0 amide bonds. The van der Waals surface area contributed by atoms with Gasteiger partial charge in [-0.2, -0.15) is 0 Å². The number of allylic oxidation sites excluding steroid dienone is 4. The number of hydrogen-bond donors (Lipinski definition) is 1. The largest absolute Gasteiger partial charge is 0.398 e. The van der Waals surface area contributed by atoms with E-state index in [0.29, 0.717) is 0 Å². The van der Waals surface area contributed by atoms with Crippen LogP contribution in [0.15, 0.2) is 91.0 Å². The summed E-state index contributed by atoms with van der Waals surface area (Å²) in [6.07, 6.45) is 8.34. The number of fused-ring (bicyclic) bond motifs is 1. The molecule has 3 aromatic rings. The van der Waals surface area contributed by atoms with Gasteiger partial charge in [-0.15, -0.1) is 24.0 Å². The second-order valence-corrected chi connectivity index (χ2v) is 7.29. The van der Waals surface area contributed by atoms with Gasteiger partial charge in [0.25, 0.3) is 0 Å². The first-order valence-corrected chi connectivity index (χ1v) is 9.24. The molecule has 2 N–H and O–H groups in total. The Labute approximate surface area is 177 Å². The molecule has 2 heteroatoms. The first-order chi connectivity index (χ1) is 12.8. The molecule has 0 saturated heterocycles. The summed E-state index contributed by atoms with van der Waals surface area (Å²) in [6, 6.07) is 25.5. The Balaban J connectivity index is 0.00000180. The highest BCUT2D eigenvalue weighted by molar-refractivity contribution is 14.0. The topological polar surface area (TPSA) is 26.0 Å². The lowest BCUT2D eigenvalue weighted by atomic mass is 9.93. The van der Waals surface area contributed by atoms with Crippen LogP contribution in [0.25, 0.3) is 27.8 Å². The predicted octanol–water partition coefficient (Wildman–Crippen LogP) is 6.81. The lowest BCUT2D eigenvalue weighted by Crippen LogP contribution is -1.94. The van der Waals surface area contributed by atoms with Crippen LogP contribution < -0.4 is 5.73 Å². The summed E-state index contributed by atoms with van der Waals surface area (Å²) < 4.78 is 0. The van der Waals surface area contributed by atoms with Gasteiger partial charge in [0, 0.05) is 11.3 Å². The molecule has 134 valence electrons. The molecule has 3 aromatic carbocycles. The highest BCUT2D eigenvalue weighted by Gasteiger charge is 2.35. The molecular weight excluding hydrogens is 441 g/mol. The van der Waals surface area contributed by atoms with Gasteiger partial charge in [-0.05, 0) is 64.3 Å². The molecule has 5 rings (SSSR count). The maximum absolute atomic E-state index is 6.34. The van der Waals surface area contributed by atoms with Crippen LogP contribution in [-0.4, -0.2) is 0 Å². The minimum Gasteiger partial charge on any atom is -0.398 e. The van der Waals surface area contributed by atoms with E-state index in [1.807, 2.05) is 12.1 Å². The molecular formula is C25H22IN. The lowest BCUT2D eigenvalue weighted by molar-refractivity contribution is 0.985. The molecule has 2 aliphatic carbocycles. The third-order valence-corrected chi connectivity index (χ3v) is 5.48. The number of nitrogens with two attached hydrogens (primary N) is 1. The van der Waals surface area contributed by atoms with E-state index in [9.17, 15) is 0 Å². The Bertz CT molecular complexity index is 1030. The van der Waals surface area contributed by atoms with Crippen LogP contribution >= 0.6 is 24.0 Å². The number of benzene rings is 3. The Morgan fingerprint density at radius 1 is 0.704 bits per heavy atom. The molecule has 0 bridgehead atoms. The molecule has 2 atom stereocenters. The van der Waals surface area contributed by atoms with E-state index in [4.69, 9.17) is 5.73 Å². The van der Waals surface area contributed by atoms with E-state index in [1.54, 1.807) is 0 Å². The third-order valence-electron chi connectivity index (χ3n) is 5.48. The normalized spacial score (nSPS) is 19.6. The van der Waals surface area contributed by atoms with Crippen molar-refractivity contribution in [1.82, 2.24) is 0 Å². The van der Waals surface area contributed by atoms with Crippen molar-refractivity contribution >= 4 is 35.2 Å². The van der Waals surface area contributed by atoms with Crippen LogP contribution in [0.5, 0.6) is 0 Å². The van der Waals surface area contributed by atoms with Crippen molar-refractivity contribution in [2.45, 2.75) is 6.42 Å². The Hall–Kier alpha value is -2.33. The van der Waals surface area contributed by atoms with Gasteiger partial charge in [0.05, 0.1) is 0 Å². The predicted molar refractivity (Wildman–Crippen MR) is 126 cm³/mol. The molecule has 0 spiro atoms. The zero-order valence-corrected chi connectivity index (χ0v) is 17.3. The smallest absolute Gasteiger partial charge is 0.0394 e. The molecule has 1 saturated carbocycles. The number of anilines is 1. The number of hydrogen-bond acceptors (Lipinski definition) is 1. The number of halogens is 1. The van der Waals surface area contributed by atoms with Gasteiger partial charge in [0.2, 0.25) is 0 Å². The van der Waals surface area contributed by atoms with Crippen molar-refractivity contribution in [3.8, 4) is 22.3 Å². The molecule has 0 radical (unpaired) electrons. The van der Waals surface area contributed by atoms with E-state index < -0.39 is 0 Å². The summed E-state index contributed by atoms with van der Waals surface area (Å²) >= 11 is 0. The van der Waals surface area contributed by atoms with Crippen LogP contribution in [0, 0.1) is 11.8 Å². The minimum absolute atomic E-state index is 0. The SMILES string of the molecule is I.Nc1ccc(C2=CC3CC3C=C2)cc1-c1cccc(-c2ccccc2)c1. The fraction of sp³-hybridized carbons (Fsp3) is 0.120. The standard InChI is InChI=1S/C25H21N.HI/c26-25-12-11-21(19-9-10-20-15-23(20)14-19)16-24(25)22-8-4-7-18(13-22)17-5-2-1-3-6-17;/h1-14,16,20,23H,15,26H2;1H. The van der Waals surface area contributed by atoms with Crippen LogP contribution in [0.4, 0.5) is 5.69 Å². The van der Waals surface area contributed by atoms with Crippen LogP contribution in [0.3, 0.4) is 0 Å². The summed E-state index contributed by atoms with van der Waals surface area (Å²) in [7, 11) is 0.